The summed E-state index contributed by atoms with van der Waals surface area (Å²) >= 11 is 0. The number of aromatic nitrogens is 2. The molecule has 0 radical (unpaired) electrons. The summed E-state index contributed by atoms with van der Waals surface area (Å²) in [6.07, 6.45) is 10.1. The minimum atomic E-state index is 0.297. The van der Waals surface area contributed by atoms with Gasteiger partial charge in [0.25, 0.3) is 0 Å². The zero-order valence-electron chi connectivity index (χ0n) is 14.3. The van der Waals surface area contributed by atoms with Crippen molar-refractivity contribution in [3.8, 4) is 0 Å². The third kappa shape index (κ3) is 4.03. The van der Waals surface area contributed by atoms with Crippen molar-refractivity contribution in [3.63, 3.8) is 0 Å². The fraction of sp³-hybridized carbons (Fsp3) is 0.333. The van der Waals surface area contributed by atoms with Crippen molar-refractivity contribution in [2.75, 3.05) is 13.1 Å². The van der Waals surface area contributed by atoms with Crippen molar-refractivity contribution < 1.29 is 4.74 Å². The summed E-state index contributed by atoms with van der Waals surface area (Å²) < 4.78 is 6.13. The molecule has 0 N–H and O–H groups in total. The Labute approximate surface area is 148 Å². The molecular formula is C21H23N3O. The topological polar surface area (TPSA) is 38.2 Å². The number of piperidine rings is 1. The van der Waals surface area contributed by atoms with Crippen LogP contribution in [-0.2, 0) is 17.9 Å². The van der Waals surface area contributed by atoms with Crippen LogP contribution >= 0.6 is 0 Å². The second-order valence-corrected chi connectivity index (χ2v) is 6.69. The Kier molecular flexibility index (Phi) is 5.00. The standard InChI is InChI=1S/C21H23N3O/c1-5-18-13-23-10-8-21(18)19(6-1)14-24-11-3-7-20(15-24)25-16-17-4-2-9-22-12-17/h1-2,4-6,8-10,12-13,20H,3,7,11,14-16H2. The Bertz CT molecular complexity index is 816. The van der Waals surface area contributed by atoms with E-state index < -0.39 is 0 Å². The first kappa shape index (κ1) is 16.2. The van der Waals surface area contributed by atoms with E-state index in [-0.39, 0.29) is 0 Å². The third-order valence-electron chi connectivity index (χ3n) is 4.84. The number of rotatable bonds is 5. The molecule has 0 spiro atoms. The number of ether oxygens (including phenoxy) is 1. The lowest BCUT2D eigenvalue weighted by atomic mass is 10.0. The molecule has 4 heteroatoms. The van der Waals surface area contributed by atoms with Crippen LogP contribution < -0.4 is 0 Å². The lowest BCUT2D eigenvalue weighted by Gasteiger charge is -2.33. The van der Waals surface area contributed by atoms with E-state index in [1.54, 1.807) is 6.20 Å². The Hall–Kier alpha value is -2.30. The van der Waals surface area contributed by atoms with E-state index in [9.17, 15) is 0 Å². The lowest BCUT2D eigenvalue weighted by Crippen LogP contribution is -2.39. The monoisotopic (exact) mass is 333 g/mol. The zero-order valence-corrected chi connectivity index (χ0v) is 14.3. The highest BCUT2D eigenvalue weighted by atomic mass is 16.5. The minimum Gasteiger partial charge on any atom is -0.372 e. The lowest BCUT2D eigenvalue weighted by molar-refractivity contribution is -0.0120. The number of nitrogens with zero attached hydrogens (tertiary/aromatic N) is 3. The van der Waals surface area contributed by atoms with E-state index in [2.05, 4.69) is 45.2 Å². The molecule has 1 aromatic carbocycles. The van der Waals surface area contributed by atoms with E-state index in [1.165, 1.54) is 22.8 Å². The first-order valence-electron chi connectivity index (χ1n) is 8.93. The predicted octanol–water partition coefficient (Wildman–Crippen LogP) is 3.81. The molecule has 0 bridgehead atoms. The molecule has 4 rings (SSSR count). The molecule has 1 atom stereocenters. The van der Waals surface area contributed by atoms with Crippen LogP contribution in [0.1, 0.15) is 24.0 Å². The van der Waals surface area contributed by atoms with Gasteiger partial charge >= 0.3 is 0 Å². The highest BCUT2D eigenvalue weighted by molar-refractivity contribution is 5.84. The molecular weight excluding hydrogens is 310 g/mol. The summed E-state index contributed by atoms with van der Waals surface area (Å²) in [4.78, 5) is 10.9. The number of hydrogen-bond donors (Lipinski definition) is 0. The molecule has 0 saturated carbocycles. The predicted molar refractivity (Wildman–Crippen MR) is 99.1 cm³/mol. The van der Waals surface area contributed by atoms with Gasteiger partial charge in [0.2, 0.25) is 0 Å². The molecule has 1 aliphatic rings. The van der Waals surface area contributed by atoms with Gasteiger partial charge in [0, 0.05) is 43.3 Å². The van der Waals surface area contributed by atoms with Gasteiger partial charge in [0.05, 0.1) is 12.7 Å². The van der Waals surface area contributed by atoms with Gasteiger partial charge in [-0.05, 0) is 48.0 Å². The molecule has 0 amide bonds. The fourth-order valence-corrected chi connectivity index (χ4v) is 3.56. The number of likely N-dealkylation sites (tertiary alicyclic amines) is 1. The Balaban J connectivity index is 1.39. The van der Waals surface area contributed by atoms with E-state index >= 15 is 0 Å². The van der Waals surface area contributed by atoms with Gasteiger partial charge in [0.15, 0.2) is 0 Å². The second-order valence-electron chi connectivity index (χ2n) is 6.69. The van der Waals surface area contributed by atoms with Crippen LogP contribution in [0.25, 0.3) is 10.8 Å². The summed E-state index contributed by atoms with van der Waals surface area (Å²) in [6, 6.07) is 12.6. The summed E-state index contributed by atoms with van der Waals surface area (Å²) in [6.45, 7) is 3.73. The van der Waals surface area contributed by atoms with Crippen molar-refractivity contribution in [1.82, 2.24) is 14.9 Å². The summed E-state index contributed by atoms with van der Waals surface area (Å²) in [7, 11) is 0. The van der Waals surface area contributed by atoms with Crippen molar-refractivity contribution in [3.05, 3.63) is 72.3 Å². The van der Waals surface area contributed by atoms with E-state index in [0.717, 1.165) is 31.6 Å². The maximum absolute atomic E-state index is 6.13. The van der Waals surface area contributed by atoms with Crippen LogP contribution in [0.2, 0.25) is 0 Å². The summed E-state index contributed by atoms with van der Waals surface area (Å²) in [5, 5.41) is 2.51. The number of hydrogen-bond acceptors (Lipinski definition) is 4. The number of fused-ring (bicyclic) bond motifs is 1. The summed E-state index contributed by atoms with van der Waals surface area (Å²) in [5.41, 5.74) is 2.51. The highest BCUT2D eigenvalue weighted by Crippen LogP contribution is 2.22. The van der Waals surface area contributed by atoms with E-state index in [4.69, 9.17) is 4.74 Å². The number of benzene rings is 1. The molecule has 3 aromatic rings. The van der Waals surface area contributed by atoms with Crippen molar-refractivity contribution in [1.29, 1.82) is 0 Å². The van der Waals surface area contributed by atoms with Crippen molar-refractivity contribution >= 4 is 10.8 Å². The molecule has 128 valence electrons. The average Bonchev–Trinajstić information content (AvgIpc) is 2.68. The number of pyridine rings is 2. The van der Waals surface area contributed by atoms with Crippen LogP contribution in [0, 0.1) is 0 Å². The van der Waals surface area contributed by atoms with Crippen LogP contribution in [0.3, 0.4) is 0 Å². The highest BCUT2D eigenvalue weighted by Gasteiger charge is 2.21. The zero-order chi connectivity index (χ0) is 16.9. The second kappa shape index (κ2) is 7.72. The van der Waals surface area contributed by atoms with Crippen molar-refractivity contribution in [2.45, 2.75) is 32.1 Å². The molecule has 25 heavy (non-hydrogen) atoms. The first-order chi connectivity index (χ1) is 12.4. The maximum Gasteiger partial charge on any atom is 0.0736 e. The molecule has 1 aliphatic heterocycles. The van der Waals surface area contributed by atoms with Gasteiger partial charge in [0.1, 0.15) is 0 Å². The van der Waals surface area contributed by atoms with Crippen LogP contribution in [-0.4, -0.2) is 34.1 Å². The SMILES string of the molecule is c1cncc(COC2CCCN(Cc3cccc4cnccc34)C2)c1. The van der Waals surface area contributed by atoms with E-state index in [1.807, 2.05) is 24.7 Å². The van der Waals surface area contributed by atoms with Gasteiger partial charge in [-0.15, -0.1) is 0 Å². The minimum absolute atomic E-state index is 0.297. The van der Waals surface area contributed by atoms with Gasteiger partial charge in [-0.3, -0.25) is 14.9 Å². The van der Waals surface area contributed by atoms with Gasteiger partial charge in [-0.25, -0.2) is 0 Å². The van der Waals surface area contributed by atoms with Gasteiger partial charge in [-0.2, -0.15) is 0 Å². The average molecular weight is 333 g/mol. The normalized spacial score (nSPS) is 18.5. The Morgan fingerprint density at radius 2 is 2.00 bits per heavy atom. The van der Waals surface area contributed by atoms with E-state index in [0.29, 0.717) is 12.7 Å². The summed E-state index contributed by atoms with van der Waals surface area (Å²) in [5.74, 6) is 0. The van der Waals surface area contributed by atoms with Crippen LogP contribution in [0.5, 0.6) is 0 Å². The Morgan fingerprint density at radius 1 is 1.04 bits per heavy atom. The third-order valence-corrected chi connectivity index (χ3v) is 4.84. The Morgan fingerprint density at radius 3 is 2.92 bits per heavy atom. The van der Waals surface area contributed by atoms with Crippen molar-refractivity contribution in [2.24, 2.45) is 0 Å². The van der Waals surface area contributed by atoms with Crippen LogP contribution in [0.15, 0.2) is 61.2 Å². The quantitative estimate of drug-likeness (QED) is 0.712. The molecule has 1 saturated heterocycles. The molecule has 4 nitrogen and oxygen atoms in total. The molecule has 3 heterocycles. The fourth-order valence-electron chi connectivity index (χ4n) is 3.56. The largest absolute Gasteiger partial charge is 0.372 e. The molecule has 0 aliphatic carbocycles. The molecule has 2 aromatic heterocycles. The van der Waals surface area contributed by atoms with Gasteiger partial charge < -0.3 is 4.74 Å². The molecule has 1 unspecified atom stereocenters. The molecule has 1 fully saturated rings. The maximum atomic E-state index is 6.13. The first-order valence-corrected chi connectivity index (χ1v) is 8.93. The van der Waals surface area contributed by atoms with Crippen LogP contribution in [0.4, 0.5) is 0 Å². The van der Waals surface area contributed by atoms with Gasteiger partial charge in [-0.1, -0.05) is 24.3 Å². The smallest absolute Gasteiger partial charge is 0.0736 e.